The molecule has 6 heteroatoms. The van der Waals surface area contributed by atoms with Crippen molar-refractivity contribution in [2.75, 3.05) is 0 Å². The number of carbonyl (C=O) groups excluding carboxylic acids is 1. The molecule has 4 bridgehead atoms. The largest absolute Gasteiger partial charge is 0.384 e. The summed E-state index contributed by atoms with van der Waals surface area (Å²) >= 11 is 0. The number of ketones is 1. The average molecular weight is 258 g/mol. The van der Waals surface area contributed by atoms with Gasteiger partial charge >= 0.3 is 0 Å². The zero-order valence-electron chi connectivity index (χ0n) is 11.2. The van der Waals surface area contributed by atoms with E-state index in [4.69, 9.17) is 18.9 Å². The number of aliphatic hydroxyl groups is 1. The lowest BCUT2D eigenvalue weighted by Gasteiger charge is -2.43. The van der Waals surface area contributed by atoms with Crippen LogP contribution in [-0.4, -0.2) is 39.6 Å². The molecule has 3 unspecified atom stereocenters. The minimum absolute atomic E-state index is 0.161. The van der Waals surface area contributed by atoms with Crippen LogP contribution < -0.4 is 0 Å². The summed E-state index contributed by atoms with van der Waals surface area (Å²) in [6.45, 7) is 7.94. The molecule has 0 amide bonds. The molecule has 0 aromatic heterocycles. The Kier molecular flexibility index (Phi) is 1.95. The highest BCUT2D eigenvalue weighted by atomic mass is 17.0. The van der Waals surface area contributed by atoms with Crippen LogP contribution in [0.25, 0.3) is 0 Å². The third-order valence-corrected chi connectivity index (χ3v) is 4.37. The number of carbonyl (C=O) groups is 1. The van der Waals surface area contributed by atoms with Gasteiger partial charge in [0.1, 0.15) is 5.60 Å². The third kappa shape index (κ3) is 1.18. The highest BCUT2D eigenvalue weighted by Crippen LogP contribution is 2.59. The van der Waals surface area contributed by atoms with E-state index in [2.05, 4.69) is 0 Å². The molecule has 18 heavy (non-hydrogen) atoms. The first-order valence-corrected chi connectivity index (χ1v) is 6.02. The van der Waals surface area contributed by atoms with Crippen LogP contribution in [0.3, 0.4) is 0 Å². The average Bonchev–Trinajstić information content (AvgIpc) is 2.42. The minimum Gasteiger partial charge on any atom is -0.384 e. The number of rotatable bonds is 0. The Bertz CT molecular complexity index is 424. The molecular weight excluding hydrogens is 240 g/mol. The Morgan fingerprint density at radius 2 is 1.33 bits per heavy atom. The first-order chi connectivity index (χ1) is 7.96. The lowest BCUT2D eigenvalue weighted by Crippen LogP contribution is -2.59. The molecule has 0 saturated carbocycles. The Balaban J connectivity index is 2.19. The second kappa shape index (κ2) is 2.81. The fraction of sp³-hybridized carbons (Fsp3) is 0.917. The van der Waals surface area contributed by atoms with Gasteiger partial charge in [-0.25, -0.2) is 0 Å². The lowest BCUT2D eigenvalue weighted by atomic mass is 9.88. The van der Waals surface area contributed by atoms with Gasteiger partial charge in [0.05, 0.1) is 0 Å². The summed E-state index contributed by atoms with van der Waals surface area (Å²) < 4.78 is 22.9. The van der Waals surface area contributed by atoms with Gasteiger partial charge in [0.15, 0.2) is 5.78 Å². The second-order valence-corrected chi connectivity index (χ2v) is 6.06. The van der Waals surface area contributed by atoms with E-state index in [0.717, 1.165) is 0 Å². The van der Waals surface area contributed by atoms with Crippen molar-refractivity contribution >= 4 is 5.78 Å². The zero-order chi connectivity index (χ0) is 13.6. The molecule has 1 N–H and O–H groups in total. The summed E-state index contributed by atoms with van der Waals surface area (Å²) in [6, 6.07) is 0. The highest BCUT2D eigenvalue weighted by Gasteiger charge is 2.77. The Labute approximate surface area is 105 Å². The molecule has 4 aliphatic heterocycles. The molecule has 4 heterocycles. The van der Waals surface area contributed by atoms with Gasteiger partial charge in [-0.3, -0.25) is 4.79 Å². The predicted octanol–water partition coefficient (Wildman–Crippen LogP) is 0.669. The van der Waals surface area contributed by atoms with Crippen molar-refractivity contribution in [2.45, 2.75) is 69.8 Å². The van der Waals surface area contributed by atoms with E-state index in [1.54, 1.807) is 20.8 Å². The normalized spacial score (nSPS) is 63.1. The molecule has 0 aromatic carbocycles. The van der Waals surface area contributed by atoms with E-state index in [0.29, 0.717) is 0 Å². The van der Waals surface area contributed by atoms with Gasteiger partial charge in [-0.1, -0.05) is 0 Å². The summed E-state index contributed by atoms with van der Waals surface area (Å²) in [5.41, 5.74) is -1.45. The van der Waals surface area contributed by atoms with Gasteiger partial charge in [-0.2, -0.15) is 0 Å². The SMILES string of the molecule is CC12O[C@@]3(C)OC(C)(O[C@@]3(C)O1)C(C)(O)CC2=O. The number of hydrogen-bond donors (Lipinski definition) is 1. The van der Waals surface area contributed by atoms with Crippen LogP contribution in [0, 0.1) is 0 Å². The van der Waals surface area contributed by atoms with Crippen LogP contribution >= 0.6 is 0 Å². The van der Waals surface area contributed by atoms with E-state index in [-0.39, 0.29) is 12.2 Å². The number of Topliss-reactive ketones (excluding diaryl/α,β-unsaturated/α-hetero) is 1. The second-order valence-electron chi connectivity index (χ2n) is 6.06. The fourth-order valence-corrected chi connectivity index (χ4v) is 2.91. The molecule has 4 fully saturated rings. The van der Waals surface area contributed by atoms with Gasteiger partial charge in [-0.05, 0) is 34.6 Å². The van der Waals surface area contributed by atoms with Crippen molar-refractivity contribution in [2.24, 2.45) is 0 Å². The molecule has 5 atom stereocenters. The van der Waals surface area contributed by atoms with E-state index in [1.807, 2.05) is 0 Å². The van der Waals surface area contributed by atoms with E-state index >= 15 is 0 Å². The van der Waals surface area contributed by atoms with E-state index < -0.39 is 28.7 Å². The summed E-state index contributed by atoms with van der Waals surface area (Å²) in [5, 5.41) is 10.5. The molecule has 4 rings (SSSR count). The van der Waals surface area contributed by atoms with Crippen molar-refractivity contribution in [1.29, 1.82) is 0 Å². The zero-order valence-corrected chi connectivity index (χ0v) is 11.2. The van der Waals surface area contributed by atoms with Gasteiger partial charge in [0.25, 0.3) is 0 Å². The third-order valence-electron chi connectivity index (χ3n) is 4.37. The van der Waals surface area contributed by atoms with E-state index in [9.17, 15) is 9.90 Å². The van der Waals surface area contributed by atoms with Crippen molar-refractivity contribution in [1.82, 2.24) is 0 Å². The smallest absolute Gasteiger partial charge is 0.231 e. The van der Waals surface area contributed by atoms with Crippen molar-refractivity contribution in [3.05, 3.63) is 0 Å². The maximum Gasteiger partial charge on any atom is 0.231 e. The number of fused-ring (bicyclic) bond motifs is 2. The van der Waals surface area contributed by atoms with Gasteiger partial charge in [0, 0.05) is 6.42 Å². The van der Waals surface area contributed by atoms with Gasteiger partial charge in [0.2, 0.25) is 23.1 Å². The van der Waals surface area contributed by atoms with Gasteiger partial charge in [-0.15, -0.1) is 0 Å². The summed E-state index contributed by atoms with van der Waals surface area (Å²) in [7, 11) is 0. The molecular formula is C12H18O6. The molecule has 4 saturated heterocycles. The predicted molar refractivity (Wildman–Crippen MR) is 58.2 cm³/mol. The molecule has 6 nitrogen and oxygen atoms in total. The quantitative estimate of drug-likeness (QED) is 0.688. The van der Waals surface area contributed by atoms with Crippen molar-refractivity contribution < 1.29 is 28.8 Å². The molecule has 0 spiro atoms. The van der Waals surface area contributed by atoms with Crippen LogP contribution in [0.15, 0.2) is 0 Å². The Morgan fingerprint density at radius 3 is 1.78 bits per heavy atom. The number of hydrogen-bond acceptors (Lipinski definition) is 6. The summed E-state index contributed by atoms with van der Waals surface area (Å²) in [4.78, 5) is 12.2. The monoisotopic (exact) mass is 258 g/mol. The molecule has 4 aliphatic rings. The maximum atomic E-state index is 12.2. The molecule has 0 aromatic rings. The molecule has 102 valence electrons. The van der Waals surface area contributed by atoms with Crippen molar-refractivity contribution in [3.63, 3.8) is 0 Å². The maximum absolute atomic E-state index is 12.2. The molecule has 0 aliphatic carbocycles. The summed E-state index contributed by atoms with van der Waals surface area (Å²) in [5.74, 6) is -5.57. The fourth-order valence-electron chi connectivity index (χ4n) is 2.91. The Hall–Kier alpha value is -0.530. The summed E-state index contributed by atoms with van der Waals surface area (Å²) in [6.07, 6.45) is -0.161. The van der Waals surface area contributed by atoms with Crippen LogP contribution in [0.1, 0.15) is 41.0 Å². The van der Waals surface area contributed by atoms with Crippen molar-refractivity contribution in [3.8, 4) is 0 Å². The van der Waals surface area contributed by atoms with Crippen LogP contribution in [0.4, 0.5) is 0 Å². The highest BCUT2D eigenvalue weighted by molar-refractivity contribution is 5.87. The van der Waals surface area contributed by atoms with Crippen LogP contribution in [0.2, 0.25) is 0 Å². The molecule has 0 radical (unpaired) electrons. The Morgan fingerprint density at radius 1 is 0.889 bits per heavy atom. The first kappa shape index (κ1) is 12.5. The van der Waals surface area contributed by atoms with Gasteiger partial charge < -0.3 is 24.1 Å². The van der Waals surface area contributed by atoms with E-state index in [1.165, 1.54) is 13.8 Å². The lowest BCUT2D eigenvalue weighted by molar-refractivity contribution is -0.364. The van der Waals surface area contributed by atoms with Crippen LogP contribution in [0.5, 0.6) is 0 Å². The minimum atomic E-state index is -1.45. The number of ether oxygens (including phenoxy) is 4. The standard InChI is InChI=1S/C12H18O6/c1-8(14)6-7(13)9(2)15-11(4)12(5,16-9)18-10(8,3)17-11/h14H,6H2,1-5H3/t8?,9?,10?,11-,12+. The topological polar surface area (TPSA) is 74.2 Å². The first-order valence-electron chi connectivity index (χ1n) is 6.02. The van der Waals surface area contributed by atoms with Crippen LogP contribution in [-0.2, 0) is 23.7 Å².